The monoisotopic (exact) mass is 313 g/mol. The normalized spacial score (nSPS) is 10.6. The number of hydrogen-bond acceptors (Lipinski definition) is 2. The Bertz CT molecular complexity index is 604. The Kier molecular flexibility index (Phi) is 5.24. The molecule has 0 fully saturated rings. The molecule has 0 aliphatic rings. The summed E-state index contributed by atoms with van der Waals surface area (Å²) in [6.07, 6.45) is 0.552. The van der Waals surface area contributed by atoms with Gasteiger partial charge in [-0.1, -0.05) is 47.5 Å². The molecule has 0 spiro atoms. The average Bonchev–Trinajstić information content (AvgIpc) is 2.43. The highest BCUT2D eigenvalue weighted by molar-refractivity contribution is 6.42. The van der Waals surface area contributed by atoms with Crippen LogP contribution in [0.4, 0.5) is 4.39 Å². The summed E-state index contributed by atoms with van der Waals surface area (Å²) < 4.78 is 19.4. The zero-order valence-electron chi connectivity index (χ0n) is 10.7. The summed E-state index contributed by atoms with van der Waals surface area (Å²) in [6.45, 7) is 0.579. The Morgan fingerprint density at radius 1 is 1.05 bits per heavy atom. The highest BCUT2D eigenvalue weighted by Crippen LogP contribution is 2.28. The van der Waals surface area contributed by atoms with Gasteiger partial charge in [-0.15, -0.1) is 0 Å². The number of benzene rings is 2. The molecule has 0 unspecified atom stereocenters. The van der Waals surface area contributed by atoms with Crippen LogP contribution in [0.5, 0.6) is 5.75 Å². The minimum atomic E-state index is -0.408. The number of nitrogens with two attached hydrogens (primary N) is 1. The van der Waals surface area contributed by atoms with E-state index in [1.165, 1.54) is 6.07 Å². The van der Waals surface area contributed by atoms with Crippen molar-refractivity contribution >= 4 is 23.2 Å². The van der Waals surface area contributed by atoms with E-state index in [-0.39, 0.29) is 12.4 Å². The largest absolute Gasteiger partial charge is 0.485 e. The van der Waals surface area contributed by atoms with E-state index in [2.05, 4.69) is 0 Å². The maximum Gasteiger partial charge on any atom is 0.165 e. The van der Waals surface area contributed by atoms with Crippen molar-refractivity contribution in [2.24, 2.45) is 5.73 Å². The first-order valence-electron chi connectivity index (χ1n) is 6.16. The fourth-order valence-corrected chi connectivity index (χ4v) is 2.25. The number of ether oxygens (including phenoxy) is 1. The van der Waals surface area contributed by atoms with Crippen molar-refractivity contribution in [1.82, 2.24) is 0 Å². The van der Waals surface area contributed by atoms with Crippen molar-refractivity contribution in [3.63, 3.8) is 0 Å². The van der Waals surface area contributed by atoms with E-state index in [1.54, 1.807) is 30.3 Å². The summed E-state index contributed by atoms with van der Waals surface area (Å²) in [5.41, 5.74) is 6.96. The number of halogens is 3. The second-order valence-electron chi connectivity index (χ2n) is 4.27. The fraction of sp³-hybridized carbons (Fsp3) is 0.200. The quantitative estimate of drug-likeness (QED) is 0.897. The maximum absolute atomic E-state index is 13.8. The highest BCUT2D eigenvalue weighted by Gasteiger charge is 2.11. The van der Waals surface area contributed by atoms with Gasteiger partial charge in [0, 0.05) is 5.56 Å². The minimum Gasteiger partial charge on any atom is -0.485 e. The van der Waals surface area contributed by atoms with Crippen molar-refractivity contribution in [2.75, 3.05) is 6.54 Å². The van der Waals surface area contributed by atoms with Crippen molar-refractivity contribution in [1.29, 1.82) is 0 Å². The van der Waals surface area contributed by atoms with E-state index < -0.39 is 5.82 Å². The van der Waals surface area contributed by atoms with Gasteiger partial charge in [0.15, 0.2) is 11.6 Å². The summed E-state index contributed by atoms with van der Waals surface area (Å²) in [6, 6.07) is 10.0. The molecule has 20 heavy (non-hydrogen) atoms. The molecule has 0 saturated heterocycles. The zero-order valence-corrected chi connectivity index (χ0v) is 12.2. The number of rotatable bonds is 5. The van der Waals surface area contributed by atoms with E-state index in [4.69, 9.17) is 33.7 Å². The van der Waals surface area contributed by atoms with Gasteiger partial charge >= 0.3 is 0 Å². The highest BCUT2D eigenvalue weighted by atomic mass is 35.5. The molecule has 0 bridgehead atoms. The predicted molar refractivity (Wildman–Crippen MR) is 80.0 cm³/mol. The molecule has 0 radical (unpaired) electrons. The Hall–Kier alpha value is -1.29. The van der Waals surface area contributed by atoms with Crippen LogP contribution in [0.25, 0.3) is 0 Å². The first-order chi connectivity index (χ1) is 9.63. The van der Waals surface area contributed by atoms with Crippen LogP contribution in [0, 0.1) is 5.82 Å². The number of para-hydroxylation sites is 1. The maximum atomic E-state index is 13.8. The molecular formula is C15H14Cl2FNO. The van der Waals surface area contributed by atoms with Gasteiger partial charge in [0.1, 0.15) is 6.61 Å². The molecule has 0 amide bonds. The van der Waals surface area contributed by atoms with Crippen LogP contribution in [0.3, 0.4) is 0 Å². The summed E-state index contributed by atoms with van der Waals surface area (Å²) in [4.78, 5) is 0. The lowest BCUT2D eigenvalue weighted by Crippen LogP contribution is -2.07. The Labute approximate surface area is 127 Å². The Balaban J connectivity index is 2.20. The second kappa shape index (κ2) is 6.93. The van der Waals surface area contributed by atoms with Crippen molar-refractivity contribution in [2.45, 2.75) is 13.0 Å². The third kappa shape index (κ3) is 3.42. The van der Waals surface area contributed by atoms with Crippen LogP contribution in [0.2, 0.25) is 10.0 Å². The van der Waals surface area contributed by atoms with E-state index in [1.807, 2.05) is 0 Å². The number of hydrogen-bond donors (Lipinski definition) is 1. The van der Waals surface area contributed by atoms with Crippen LogP contribution in [-0.2, 0) is 13.0 Å². The lowest BCUT2D eigenvalue weighted by molar-refractivity contribution is 0.287. The van der Waals surface area contributed by atoms with Crippen molar-refractivity contribution < 1.29 is 9.13 Å². The molecule has 0 atom stereocenters. The standard InChI is InChI=1S/C15H14Cl2FNO/c16-12-5-1-4-11(14(12)17)9-20-15-10(7-8-19)3-2-6-13(15)18/h1-6H,7-9,19H2. The molecule has 2 N–H and O–H groups in total. The molecule has 0 saturated carbocycles. The van der Waals surface area contributed by atoms with Crippen LogP contribution in [-0.4, -0.2) is 6.54 Å². The van der Waals surface area contributed by atoms with Gasteiger partial charge in [0.05, 0.1) is 10.0 Å². The lowest BCUT2D eigenvalue weighted by atomic mass is 10.1. The smallest absolute Gasteiger partial charge is 0.165 e. The van der Waals surface area contributed by atoms with Crippen molar-refractivity contribution in [3.05, 3.63) is 63.4 Å². The van der Waals surface area contributed by atoms with E-state index >= 15 is 0 Å². The summed E-state index contributed by atoms with van der Waals surface area (Å²) in [5.74, 6) is -0.192. The van der Waals surface area contributed by atoms with E-state index in [0.717, 1.165) is 5.56 Å². The van der Waals surface area contributed by atoms with Gasteiger partial charge in [0.2, 0.25) is 0 Å². The molecule has 2 aromatic carbocycles. The van der Waals surface area contributed by atoms with Crippen LogP contribution in [0.1, 0.15) is 11.1 Å². The van der Waals surface area contributed by atoms with E-state index in [9.17, 15) is 4.39 Å². The van der Waals surface area contributed by atoms with Gasteiger partial charge in [-0.2, -0.15) is 0 Å². The van der Waals surface area contributed by atoms with Crippen molar-refractivity contribution in [3.8, 4) is 5.75 Å². The first kappa shape index (κ1) is 15.1. The first-order valence-corrected chi connectivity index (χ1v) is 6.92. The van der Waals surface area contributed by atoms with Gasteiger partial charge in [-0.3, -0.25) is 0 Å². The predicted octanol–water partition coefficient (Wildman–Crippen LogP) is 4.21. The molecule has 2 aromatic rings. The average molecular weight is 314 g/mol. The molecule has 0 aromatic heterocycles. The molecule has 106 valence electrons. The summed E-state index contributed by atoms with van der Waals surface area (Å²) in [7, 11) is 0. The summed E-state index contributed by atoms with van der Waals surface area (Å²) >= 11 is 12.0. The Morgan fingerprint density at radius 3 is 2.50 bits per heavy atom. The summed E-state index contributed by atoms with van der Waals surface area (Å²) in [5, 5.41) is 0.870. The van der Waals surface area contributed by atoms with Gasteiger partial charge in [-0.25, -0.2) is 4.39 Å². The van der Waals surface area contributed by atoms with Gasteiger partial charge < -0.3 is 10.5 Å². The Morgan fingerprint density at radius 2 is 1.75 bits per heavy atom. The lowest BCUT2D eigenvalue weighted by Gasteiger charge is -2.13. The SMILES string of the molecule is NCCc1cccc(F)c1OCc1cccc(Cl)c1Cl. The molecule has 0 heterocycles. The molecule has 5 heteroatoms. The second-order valence-corrected chi connectivity index (χ2v) is 5.05. The van der Waals surface area contributed by atoms with Crippen LogP contribution >= 0.6 is 23.2 Å². The third-order valence-corrected chi connectivity index (χ3v) is 3.72. The zero-order chi connectivity index (χ0) is 14.5. The fourth-order valence-electron chi connectivity index (χ4n) is 1.88. The van der Waals surface area contributed by atoms with Gasteiger partial charge in [0.25, 0.3) is 0 Å². The molecule has 2 rings (SSSR count). The van der Waals surface area contributed by atoms with E-state index in [0.29, 0.717) is 28.6 Å². The van der Waals surface area contributed by atoms with Crippen LogP contribution in [0.15, 0.2) is 36.4 Å². The molecule has 0 aliphatic carbocycles. The molecular weight excluding hydrogens is 300 g/mol. The molecule has 0 aliphatic heterocycles. The molecule has 2 nitrogen and oxygen atoms in total. The van der Waals surface area contributed by atoms with Gasteiger partial charge in [-0.05, 0) is 30.7 Å². The minimum absolute atomic E-state index is 0.151. The topological polar surface area (TPSA) is 35.2 Å². The van der Waals surface area contributed by atoms with Crippen LogP contribution < -0.4 is 10.5 Å². The third-order valence-electron chi connectivity index (χ3n) is 2.87.